The van der Waals surface area contributed by atoms with Crippen LogP contribution in [0.2, 0.25) is 0 Å². The van der Waals surface area contributed by atoms with Crippen molar-refractivity contribution < 1.29 is 27.4 Å². The van der Waals surface area contributed by atoms with E-state index in [2.05, 4.69) is 9.73 Å². The molecule has 0 fully saturated rings. The highest BCUT2D eigenvalue weighted by atomic mass is 19.2. The number of carbonyl (C=O) groups is 1. The first kappa shape index (κ1) is 16.0. The van der Waals surface area contributed by atoms with Crippen molar-refractivity contribution >= 4 is 11.9 Å². The normalized spacial score (nSPS) is 13.4. The first-order valence-corrected chi connectivity index (χ1v) is 7.06. The summed E-state index contributed by atoms with van der Waals surface area (Å²) in [7, 11) is 1.24. The van der Waals surface area contributed by atoms with Crippen LogP contribution in [0, 0.1) is 17.5 Å². The Hall–Kier alpha value is -2.83. The summed E-state index contributed by atoms with van der Waals surface area (Å²) >= 11 is 0. The summed E-state index contributed by atoms with van der Waals surface area (Å²) in [5.74, 6) is -4.21. The van der Waals surface area contributed by atoms with Gasteiger partial charge < -0.3 is 9.47 Å². The van der Waals surface area contributed by atoms with Crippen LogP contribution in [-0.2, 0) is 9.47 Å². The van der Waals surface area contributed by atoms with E-state index in [1.807, 2.05) is 0 Å². The van der Waals surface area contributed by atoms with Gasteiger partial charge >= 0.3 is 5.97 Å². The maximum Gasteiger partial charge on any atom is 0.337 e. The predicted octanol–water partition coefficient (Wildman–Crippen LogP) is 3.33. The molecular formula is C17H12F3NO3. The molecule has 0 N–H and O–H groups in total. The SMILES string of the molecule is COC(=O)c1ccc(-c2c(F)cc(F)c(F)c2C2=NCCO2)cc1. The molecule has 7 heteroatoms. The van der Waals surface area contributed by atoms with Crippen molar-refractivity contribution in [3.8, 4) is 11.1 Å². The number of hydrogen-bond acceptors (Lipinski definition) is 4. The maximum atomic E-state index is 14.3. The number of ether oxygens (including phenoxy) is 2. The Balaban J connectivity index is 2.17. The van der Waals surface area contributed by atoms with Crippen LogP contribution < -0.4 is 0 Å². The first-order valence-electron chi connectivity index (χ1n) is 7.06. The predicted molar refractivity (Wildman–Crippen MR) is 80.4 cm³/mol. The van der Waals surface area contributed by atoms with E-state index < -0.39 is 23.4 Å². The quantitative estimate of drug-likeness (QED) is 0.638. The first-order chi connectivity index (χ1) is 11.5. The van der Waals surface area contributed by atoms with E-state index in [9.17, 15) is 18.0 Å². The molecule has 0 atom stereocenters. The standard InChI is InChI=1S/C17H12F3NO3/c1-23-17(22)10-4-2-9(3-5-10)13-11(18)8-12(19)15(20)14(13)16-21-6-7-24-16/h2-5,8H,6-7H2,1H3. The number of esters is 1. The summed E-state index contributed by atoms with van der Waals surface area (Å²) in [6.07, 6.45) is 0. The Morgan fingerprint density at radius 2 is 1.83 bits per heavy atom. The second-order valence-electron chi connectivity index (χ2n) is 5.01. The molecule has 0 amide bonds. The van der Waals surface area contributed by atoms with Crippen LogP contribution >= 0.6 is 0 Å². The second-order valence-corrected chi connectivity index (χ2v) is 5.01. The van der Waals surface area contributed by atoms with E-state index >= 15 is 0 Å². The van der Waals surface area contributed by atoms with Gasteiger partial charge in [-0.1, -0.05) is 12.1 Å². The van der Waals surface area contributed by atoms with Gasteiger partial charge in [0.15, 0.2) is 11.6 Å². The van der Waals surface area contributed by atoms with Gasteiger partial charge in [-0.2, -0.15) is 0 Å². The zero-order valence-corrected chi connectivity index (χ0v) is 12.6. The maximum absolute atomic E-state index is 14.3. The summed E-state index contributed by atoms with van der Waals surface area (Å²) in [5, 5.41) is 0. The summed E-state index contributed by atoms with van der Waals surface area (Å²) < 4.78 is 52.0. The number of methoxy groups -OCH3 is 1. The summed E-state index contributed by atoms with van der Waals surface area (Å²) in [6, 6.07) is 6.12. The van der Waals surface area contributed by atoms with Gasteiger partial charge in [0.2, 0.25) is 5.90 Å². The highest BCUT2D eigenvalue weighted by molar-refractivity contribution is 6.02. The van der Waals surface area contributed by atoms with E-state index in [1.165, 1.54) is 31.4 Å². The van der Waals surface area contributed by atoms with Crippen LogP contribution in [0.25, 0.3) is 11.1 Å². The molecule has 124 valence electrons. The average Bonchev–Trinajstić information content (AvgIpc) is 3.11. The van der Waals surface area contributed by atoms with Crippen LogP contribution in [0.5, 0.6) is 0 Å². The monoisotopic (exact) mass is 335 g/mol. The highest BCUT2D eigenvalue weighted by Gasteiger charge is 2.26. The van der Waals surface area contributed by atoms with Gasteiger partial charge in [0, 0.05) is 11.6 Å². The third-order valence-electron chi connectivity index (χ3n) is 3.57. The second kappa shape index (κ2) is 6.35. The average molecular weight is 335 g/mol. The lowest BCUT2D eigenvalue weighted by Crippen LogP contribution is -2.10. The van der Waals surface area contributed by atoms with Crippen LogP contribution in [0.4, 0.5) is 13.2 Å². The molecule has 4 nitrogen and oxygen atoms in total. The number of aliphatic imine (C=N–C) groups is 1. The van der Waals surface area contributed by atoms with Crippen LogP contribution in [0.15, 0.2) is 35.3 Å². The minimum absolute atomic E-state index is 0.141. The van der Waals surface area contributed by atoms with Crippen molar-refractivity contribution in [2.24, 2.45) is 4.99 Å². The minimum atomic E-state index is -1.32. The number of halogens is 3. The summed E-state index contributed by atoms with van der Waals surface area (Å²) in [6.45, 7) is 0.501. The van der Waals surface area contributed by atoms with E-state index in [0.29, 0.717) is 6.07 Å². The molecule has 0 saturated carbocycles. The molecule has 1 heterocycles. The van der Waals surface area contributed by atoms with E-state index in [1.54, 1.807) is 0 Å². The topological polar surface area (TPSA) is 47.9 Å². The number of rotatable bonds is 3. The number of benzene rings is 2. The Morgan fingerprint density at radius 1 is 1.12 bits per heavy atom. The molecule has 0 aliphatic carbocycles. The van der Waals surface area contributed by atoms with E-state index in [4.69, 9.17) is 4.74 Å². The molecule has 3 rings (SSSR count). The van der Waals surface area contributed by atoms with Crippen molar-refractivity contribution in [3.05, 3.63) is 58.9 Å². The molecule has 2 aromatic carbocycles. The van der Waals surface area contributed by atoms with Gasteiger partial charge in [0.25, 0.3) is 0 Å². The van der Waals surface area contributed by atoms with Gasteiger partial charge in [0.1, 0.15) is 12.4 Å². The van der Waals surface area contributed by atoms with Gasteiger partial charge in [0.05, 0.1) is 24.8 Å². The Morgan fingerprint density at radius 3 is 2.42 bits per heavy atom. The van der Waals surface area contributed by atoms with Crippen LogP contribution in [-0.4, -0.2) is 32.1 Å². The largest absolute Gasteiger partial charge is 0.475 e. The smallest absolute Gasteiger partial charge is 0.337 e. The molecule has 0 spiro atoms. The van der Waals surface area contributed by atoms with Gasteiger partial charge in [-0.25, -0.2) is 23.0 Å². The van der Waals surface area contributed by atoms with Crippen molar-refractivity contribution in [1.82, 2.24) is 0 Å². The molecule has 0 bridgehead atoms. The fourth-order valence-electron chi connectivity index (χ4n) is 2.46. The van der Waals surface area contributed by atoms with E-state index in [-0.39, 0.29) is 41.3 Å². The minimum Gasteiger partial charge on any atom is -0.475 e. The lowest BCUT2D eigenvalue weighted by atomic mass is 9.97. The lowest BCUT2D eigenvalue weighted by molar-refractivity contribution is 0.0600. The van der Waals surface area contributed by atoms with Gasteiger partial charge in [-0.3, -0.25) is 0 Å². The Bertz CT molecular complexity index is 832. The summed E-state index contributed by atoms with van der Waals surface area (Å²) in [5.41, 5.74) is -0.0331. The zero-order valence-electron chi connectivity index (χ0n) is 12.6. The van der Waals surface area contributed by atoms with Crippen molar-refractivity contribution in [1.29, 1.82) is 0 Å². The fraction of sp³-hybridized carbons (Fsp3) is 0.176. The van der Waals surface area contributed by atoms with Gasteiger partial charge in [-0.15, -0.1) is 0 Å². The van der Waals surface area contributed by atoms with Crippen molar-refractivity contribution in [2.45, 2.75) is 0 Å². The van der Waals surface area contributed by atoms with Crippen molar-refractivity contribution in [3.63, 3.8) is 0 Å². The molecular weight excluding hydrogens is 323 g/mol. The van der Waals surface area contributed by atoms with E-state index in [0.717, 1.165) is 0 Å². The molecule has 0 radical (unpaired) electrons. The van der Waals surface area contributed by atoms with Gasteiger partial charge in [-0.05, 0) is 17.7 Å². The van der Waals surface area contributed by atoms with Crippen LogP contribution in [0.1, 0.15) is 15.9 Å². The third kappa shape index (κ3) is 2.73. The van der Waals surface area contributed by atoms with Crippen LogP contribution in [0.3, 0.4) is 0 Å². The molecule has 24 heavy (non-hydrogen) atoms. The Kier molecular flexibility index (Phi) is 4.24. The Labute approximate surface area is 135 Å². The fourth-order valence-corrected chi connectivity index (χ4v) is 2.46. The third-order valence-corrected chi connectivity index (χ3v) is 3.57. The lowest BCUT2D eigenvalue weighted by Gasteiger charge is -2.13. The number of hydrogen-bond donors (Lipinski definition) is 0. The zero-order chi connectivity index (χ0) is 17.3. The highest BCUT2D eigenvalue weighted by Crippen LogP contribution is 2.32. The van der Waals surface area contributed by atoms with Crippen molar-refractivity contribution in [2.75, 3.05) is 20.3 Å². The number of nitrogens with zero attached hydrogens (tertiary/aromatic N) is 1. The number of carbonyl (C=O) groups excluding carboxylic acids is 1. The molecule has 0 saturated heterocycles. The molecule has 1 aliphatic rings. The molecule has 0 aromatic heterocycles. The summed E-state index contributed by atoms with van der Waals surface area (Å²) in [4.78, 5) is 15.4. The molecule has 0 unspecified atom stereocenters. The molecule has 1 aliphatic heterocycles. The molecule has 2 aromatic rings.